The molecule has 0 unspecified atom stereocenters. The van der Waals surface area contributed by atoms with Gasteiger partial charge in [-0.3, -0.25) is 4.79 Å². The Bertz CT molecular complexity index is 305. The van der Waals surface area contributed by atoms with Gasteiger partial charge in [0.05, 0.1) is 0 Å². The van der Waals surface area contributed by atoms with Crippen molar-refractivity contribution < 1.29 is 9.53 Å². The Morgan fingerprint density at radius 1 is 1.14 bits per heavy atom. The van der Waals surface area contributed by atoms with Crippen LogP contribution >= 0.6 is 0 Å². The second-order valence-corrected chi connectivity index (χ2v) is 3.63. The molecule has 0 aromatic heterocycles. The van der Waals surface area contributed by atoms with Gasteiger partial charge in [-0.25, -0.2) is 0 Å². The van der Waals surface area contributed by atoms with Gasteiger partial charge in [0.1, 0.15) is 6.10 Å². The van der Waals surface area contributed by atoms with Crippen molar-refractivity contribution in [2.45, 2.75) is 31.8 Å². The molecule has 0 N–H and O–H groups in total. The molecule has 2 rings (SSSR count). The molecule has 1 saturated heterocycles. The van der Waals surface area contributed by atoms with Crippen LogP contribution in [0.2, 0.25) is 0 Å². The van der Waals surface area contributed by atoms with E-state index in [1.807, 2.05) is 30.3 Å². The fourth-order valence-corrected chi connectivity index (χ4v) is 1.78. The van der Waals surface area contributed by atoms with Crippen LogP contribution in [0.4, 0.5) is 0 Å². The predicted molar refractivity (Wildman–Crippen MR) is 53.7 cm³/mol. The summed E-state index contributed by atoms with van der Waals surface area (Å²) in [6.45, 7) is 0. The highest BCUT2D eigenvalue weighted by atomic mass is 16.5. The molecular formula is C12H14O2. The first-order chi connectivity index (χ1) is 6.86. The molecule has 0 radical (unpaired) electrons. The Labute approximate surface area is 83.9 Å². The number of carbonyl (C=O) groups excluding carboxylic acids is 1. The van der Waals surface area contributed by atoms with E-state index >= 15 is 0 Å². The first-order valence-corrected chi connectivity index (χ1v) is 5.11. The second kappa shape index (κ2) is 4.27. The lowest BCUT2D eigenvalue weighted by Crippen LogP contribution is -2.07. The highest BCUT2D eigenvalue weighted by molar-refractivity contribution is 5.69. The highest BCUT2D eigenvalue weighted by Gasteiger charge is 2.19. The summed E-state index contributed by atoms with van der Waals surface area (Å²) in [6, 6.07) is 9.97. The normalized spacial score (nSPS) is 22.6. The van der Waals surface area contributed by atoms with Crippen LogP contribution < -0.4 is 0 Å². The van der Waals surface area contributed by atoms with Crippen molar-refractivity contribution in [2.24, 2.45) is 0 Å². The van der Waals surface area contributed by atoms with Crippen LogP contribution in [0, 0.1) is 0 Å². The standard InChI is InChI=1S/C12H14O2/c13-12-9-5-4-8-11(14-12)10-6-2-1-3-7-10/h1-3,6-7,11H,4-5,8-9H2/t11-/m0/s1. The number of esters is 1. The van der Waals surface area contributed by atoms with Crippen molar-refractivity contribution in [3.8, 4) is 0 Å². The van der Waals surface area contributed by atoms with Gasteiger partial charge in [0, 0.05) is 6.42 Å². The first-order valence-electron chi connectivity index (χ1n) is 5.11. The summed E-state index contributed by atoms with van der Waals surface area (Å²) in [5, 5.41) is 0. The van der Waals surface area contributed by atoms with Gasteiger partial charge in [0.25, 0.3) is 0 Å². The molecule has 1 aromatic carbocycles. The van der Waals surface area contributed by atoms with E-state index in [9.17, 15) is 4.79 Å². The Hall–Kier alpha value is -1.31. The lowest BCUT2D eigenvalue weighted by atomic mass is 10.0. The van der Waals surface area contributed by atoms with Crippen LogP contribution in [-0.4, -0.2) is 5.97 Å². The first kappa shape index (κ1) is 9.25. The summed E-state index contributed by atoms with van der Waals surface area (Å²) in [6.07, 6.45) is 3.54. The van der Waals surface area contributed by atoms with Gasteiger partial charge < -0.3 is 4.74 Å². The van der Waals surface area contributed by atoms with E-state index in [-0.39, 0.29) is 12.1 Å². The summed E-state index contributed by atoms with van der Waals surface area (Å²) in [4.78, 5) is 11.2. The van der Waals surface area contributed by atoms with Crippen LogP contribution in [0.5, 0.6) is 0 Å². The van der Waals surface area contributed by atoms with E-state index in [1.54, 1.807) is 0 Å². The molecule has 1 aliphatic heterocycles. The van der Waals surface area contributed by atoms with Gasteiger partial charge in [-0.05, 0) is 24.8 Å². The maximum Gasteiger partial charge on any atom is 0.306 e. The van der Waals surface area contributed by atoms with Crippen molar-refractivity contribution in [3.63, 3.8) is 0 Å². The Morgan fingerprint density at radius 2 is 1.93 bits per heavy atom. The molecule has 1 heterocycles. The minimum absolute atomic E-state index is 0.0220. The number of hydrogen-bond donors (Lipinski definition) is 0. The smallest absolute Gasteiger partial charge is 0.306 e. The van der Waals surface area contributed by atoms with Gasteiger partial charge in [-0.1, -0.05) is 30.3 Å². The predicted octanol–water partition coefficient (Wildman–Crippen LogP) is 2.84. The van der Waals surface area contributed by atoms with Gasteiger partial charge in [-0.15, -0.1) is 0 Å². The number of benzene rings is 1. The van der Waals surface area contributed by atoms with Crippen molar-refractivity contribution in [3.05, 3.63) is 35.9 Å². The third-order valence-electron chi connectivity index (χ3n) is 2.54. The highest BCUT2D eigenvalue weighted by Crippen LogP contribution is 2.27. The fraction of sp³-hybridized carbons (Fsp3) is 0.417. The van der Waals surface area contributed by atoms with Crippen molar-refractivity contribution >= 4 is 5.97 Å². The summed E-state index contributed by atoms with van der Waals surface area (Å²) < 4.78 is 5.36. The van der Waals surface area contributed by atoms with E-state index in [0.29, 0.717) is 6.42 Å². The zero-order valence-electron chi connectivity index (χ0n) is 8.11. The maximum atomic E-state index is 11.2. The van der Waals surface area contributed by atoms with E-state index < -0.39 is 0 Å². The average molecular weight is 190 g/mol. The van der Waals surface area contributed by atoms with Gasteiger partial charge in [0.2, 0.25) is 0 Å². The topological polar surface area (TPSA) is 26.3 Å². The summed E-state index contributed by atoms with van der Waals surface area (Å²) >= 11 is 0. The Kier molecular flexibility index (Phi) is 2.82. The average Bonchev–Trinajstić information content (AvgIpc) is 2.44. The number of ether oxygens (including phenoxy) is 1. The van der Waals surface area contributed by atoms with Gasteiger partial charge >= 0.3 is 5.97 Å². The lowest BCUT2D eigenvalue weighted by Gasteiger charge is -2.14. The molecule has 74 valence electrons. The molecule has 2 heteroatoms. The molecule has 0 aliphatic carbocycles. The second-order valence-electron chi connectivity index (χ2n) is 3.63. The summed E-state index contributed by atoms with van der Waals surface area (Å²) in [5.41, 5.74) is 1.11. The third-order valence-corrected chi connectivity index (χ3v) is 2.54. The molecule has 14 heavy (non-hydrogen) atoms. The Balaban J connectivity index is 2.13. The zero-order chi connectivity index (χ0) is 9.80. The minimum atomic E-state index is -0.0589. The fourth-order valence-electron chi connectivity index (χ4n) is 1.78. The van der Waals surface area contributed by atoms with Crippen molar-refractivity contribution in [2.75, 3.05) is 0 Å². The molecule has 1 aromatic rings. The van der Waals surface area contributed by atoms with Gasteiger partial charge in [0.15, 0.2) is 0 Å². The van der Waals surface area contributed by atoms with Crippen molar-refractivity contribution in [1.82, 2.24) is 0 Å². The van der Waals surface area contributed by atoms with E-state index in [0.717, 1.165) is 24.8 Å². The molecule has 1 fully saturated rings. The molecule has 2 nitrogen and oxygen atoms in total. The monoisotopic (exact) mass is 190 g/mol. The largest absolute Gasteiger partial charge is 0.457 e. The maximum absolute atomic E-state index is 11.2. The van der Waals surface area contributed by atoms with E-state index in [1.165, 1.54) is 0 Å². The third kappa shape index (κ3) is 2.13. The van der Waals surface area contributed by atoms with Crippen molar-refractivity contribution in [1.29, 1.82) is 0 Å². The Morgan fingerprint density at radius 3 is 2.71 bits per heavy atom. The minimum Gasteiger partial charge on any atom is -0.457 e. The van der Waals surface area contributed by atoms with Gasteiger partial charge in [-0.2, -0.15) is 0 Å². The number of hydrogen-bond acceptors (Lipinski definition) is 2. The number of rotatable bonds is 1. The molecular weight excluding hydrogens is 176 g/mol. The van der Waals surface area contributed by atoms with Crippen LogP contribution in [-0.2, 0) is 9.53 Å². The molecule has 0 bridgehead atoms. The number of carbonyl (C=O) groups is 1. The molecule has 0 spiro atoms. The van der Waals surface area contributed by atoms with Crippen LogP contribution in [0.25, 0.3) is 0 Å². The van der Waals surface area contributed by atoms with Crippen LogP contribution in [0.3, 0.4) is 0 Å². The molecule has 0 saturated carbocycles. The van der Waals surface area contributed by atoms with E-state index in [2.05, 4.69) is 0 Å². The summed E-state index contributed by atoms with van der Waals surface area (Å²) in [5.74, 6) is -0.0589. The zero-order valence-corrected chi connectivity index (χ0v) is 8.11. The quantitative estimate of drug-likeness (QED) is 0.636. The lowest BCUT2D eigenvalue weighted by molar-refractivity contribution is -0.148. The van der Waals surface area contributed by atoms with Crippen LogP contribution in [0.1, 0.15) is 37.4 Å². The molecule has 1 atom stereocenters. The van der Waals surface area contributed by atoms with E-state index in [4.69, 9.17) is 4.74 Å². The molecule has 1 aliphatic rings. The SMILES string of the molecule is O=C1CCCC[C@@H](c2ccccc2)O1. The summed E-state index contributed by atoms with van der Waals surface area (Å²) in [7, 11) is 0. The molecule has 0 amide bonds. The number of cyclic esters (lactones) is 1. The van der Waals surface area contributed by atoms with Crippen LogP contribution in [0.15, 0.2) is 30.3 Å².